The first-order chi connectivity index (χ1) is 19.8. The third-order valence-corrected chi connectivity index (χ3v) is 10.5. The molecule has 0 amide bonds. The highest BCUT2D eigenvalue weighted by Gasteiger charge is 2.32. The predicted molar refractivity (Wildman–Crippen MR) is 186 cm³/mol. The summed E-state index contributed by atoms with van der Waals surface area (Å²) in [6.07, 6.45) is 15.2. The summed E-state index contributed by atoms with van der Waals surface area (Å²) >= 11 is 9.57. The Morgan fingerprint density at radius 3 is 2.05 bits per heavy atom. The number of rotatable bonds is 20. The molecule has 0 radical (unpaired) electrons. The molecule has 0 bridgehead atoms. The van der Waals surface area contributed by atoms with E-state index in [9.17, 15) is 0 Å². The molecule has 0 aliphatic rings. The molecule has 2 rings (SSSR count). The Bertz CT molecular complexity index is 1050. The van der Waals surface area contributed by atoms with Crippen molar-refractivity contribution in [2.24, 2.45) is 0 Å². The number of unbranched alkanes of at least 4 members (excludes halogenated alkanes) is 9. The van der Waals surface area contributed by atoms with Gasteiger partial charge in [0.25, 0.3) is 0 Å². The smallest absolute Gasteiger partial charge is 0.227 e. The lowest BCUT2D eigenvalue weighted by Crippen LogP contribution is -2.20. The lowest BCUT2D eigenvalue weighted by atomic mass is 9.82. The molecule has 2 aromatic carbocycles. The van der Waals surface area contributed by atoms with Crippen LogP contribution in [0, 0.1) is 6.57 Å². The quantitative estimate of drug-likeness (QED) is 0.0839. The van der Waals surface area contributed by atoms with E-state index >= 15 is 0 Å². The molecular weight excluding hydrogens is 563 g/mol. The molecule has 0 aliphatic carbocycles. The minimum Gasteiger partial charge on any atom is -0.493 e. The van der Waals surface area contributed by atoms with Gasteiger partial charge in [-0.05, 0) is 47.8 Å². The van der Waals surface area contributed by atoms with Gasteiger partial charge in [0.15, 0.2) is 11.5 Å². The first kappa shape index (κ1) is 35.5. The van der Waals surface area contributed by atoms with Crippen LogP contribution in [0.5, 0.6) is 11.5 Å². The predicted octanol–water partition coefficient (Wildman–Crippen LogP) is 11.7. The summed E-state index contributed by atoms with van der Waals surface area (Å²) in [5.74, 6) is 2.71. The SMILES string of the molecule is [C-]#[N+]C(C)(C)CC(CC(SC(=S)SCCCCCCCCCCCC)c1ccccc1)c1ccc(OC)c(OC)c1. The molecule has 2 aromatic rings. The number of thioether (sulfide) groups is 2. The highest BCUT2D eigenvalue weighted by molar-refractivity contribution is 8.47. The van der Waals surface area contributed by atoms with Crippen LogP contribution in [0.15, 0.2) is 48.5 Å². The minimum absolute atomic E-state index is 0.173. The van der Waals surface area contributed by atoms with Crippen LogP contribution in [-0.4, -0.2) is 29.0 Å². The van der Waals surface area contributed by atoms with Crippen molar-refractivity contribution in [3.05, 3.63) is 71.1 Å². The van der Waals surface area contributed by atoms with Crippen molar-refractivity contribution in [2.45, 2.75) is 115 Å². The third-order valence-electron chi connectivity index (χ3n) is 7.55. The maximum Gasteiger partial charge on any atom is 0.227 e. The molecule has 6 heteroatoms. The Morgan fingerprint density at radius 2 is 1.46 bits per heavy atom. The molecule has 226 valence electrons. The molecule has 2 unspecified atom stereocenters. The van der Waals surface area contributed by atoms with Gasteiger partial charge in [0.1, 0.15) is 3.53 Å². The van der Waals surface area contributed by atoms with Gasteiger partial charge in [-0.3, -0.25) is 0 Å². The lowest BCUT2D eigenvalue weighted by Gasteiger charge is -2.27. The van der Waals surface area contributed by atoms with Gasteiger partial charge in [-0.1, -0.05) is 125 Å². The Balaban J connectivity index is 2.02. The van der Waals surface area contributed by atoms with E-state index in [-0.39, 0.29) is 11.2 Å². The molecule has 0 heterocycles. The van der Waals surface area contributed by atoms with Gasteiger partial charge in [-0.15, -0.1) is 11.8 Å². The van der Waals surface area contributed by atoms with Crippen LogP contribution in [-0.2, 0) is 0 Å². The first-order valence-corrected chi connectivity index (χ1v) is 17.6. The maximum absolute atomic E-state index is 7.80. The number of thiocarbonyl (C=S) groups is 1. The summed E-state index contributed by atoms with van der Waals surface area (Å²) in [7, 11) is 3.33. The molecule has 0 aromatic heterocycles. The van der Waals surface area contributed by atoms with Crippen LogP contribution in [0.25, 0.3) is 4.85 Å². The number of hydrogen-bond acceptors (Lipinski definition) is 5. The van der Waals surface area contributed by atoms with Crippen molar-refractivity contribution >= 4 is 39.3 Å². The zero-order chi connectivity index (χ0) is 29.9. The molecular formula is C35H51NO2S3. The van der Waals surface area contributed by atoms with E-state index in [1.165, 1.54) is 75.3 Å². The van der Waals surface area contributed by atoms with Gasteiger partial charge < -0.3 is 14.3 Å². The van der Waals surface area contributed by atoms with E-state index in [0.29, 0.717) is 0 Å². The van der Waals surface area contributed by atoms with Crippen molar-refractivity contribution in [2.75, 3.05) is 20.0 Å². The number of ether oxygens (including phenoxy) is 2. The standard InChI is InChI=1S/C35H51NO2S3/c1-7-8-9-10-11-12-13-14-15-19-24-40-34(39)41-33(28-20-17-16-18-21-28)26-30(27-35(2,3)36-4)29-22-23-31(37-5)32(25-29)38-6/h16-18,20-23,25,30,33H,7-15,19,24,26-27H2,1-3,5-6H3. The van der Waals surface area contributed by atoms with Crippen molar-refractivity contribution in [3.8, 4) is 11.5 Å². The third kappa shape index (κ3) is 13.9. The van der Waals surface area contributed by atoms with Gasteiger partial charge in [-0.2, -0.15) is 0 Å². The highest BCUT2D eigenvalue weighted by Crippen LogP contribution is 2.45. The van der Waals surface area contributed by atoms with Crippen LogP contribution in [0.4, 0.5) is 0 Å². The van der Waals surface area contributed by atoms with Crippen LogP contribution in [0.2, 0.25) is 0 Å². The zero-order valence-corrected chi connectivity index (χ0v) is 28.4. The molecule has 0 N–H and O–H groups in total. The largest absolute Gasteiger partial charge is 0.493 e. The Morgan fingerprint density at radius 1 is 0.854 bits per heavy atom. The van der Waals surface area contributed by atoms with Crippen LogP contribution in [0.1, 0.15) is 120 Å². The summed E-state index contributed by atoms with van der Waals surface area (Å²) in [4.78, 5) is 3.95. The van der Waals surface area contributed by atoms with Crippen molar-refractivity contribution < 1.29 is 9.47 Å². The van der Waals surface area contributed by atoms with Gasteiger partial charge >= 0.3 is 0 Å². The molecule has 3 nitrogen and oxygen atoms in total. The first-order valence-electron chi connectivity index (χ1n) is 15.3. The number of nitrogens with zero attached hydrogens (tertiary/aromatic N) is 1. The summed E-state index contributed by atoms with van der Waals surface area (Å²) in [5, 5.41) is 0.212. The van der Waals surface area contributed by atoms with Gasteiger partial charge in [0, 0.05) is 25.5 Å². The average molecular weight is 614 g/mol. The summed E-state index contributed by atoms with van der Waals surface area (Å²) in [6.45, 7) is 14.1. The fraction of sp³-hybridized carbons (Fsp3) is 0.600. The second kappa shape index (κ2) is 20.3. The van der Waals surface area contributed by atoms with Crippen LogP contribution < -0.4 is 9.47 Å². The second-order valence-corrected chi connectivity index (χ2v) is 15.0. The monoisotopic (exact) mass is 613 g/mol. The molecule has 0 spiro atoms. The summed E-state index contributed by atoms with van der Waals surface area (Å²) in [5.41, 5.74) is 1.99. The van der Waals surface area contributed by atoms with Gasteiger partial charge in [0.05, 0.1) is 14.2 Å². The molecule has 0 saturated carbocycles. The average Bonchev–Trinajstić information content (AvgIpc) is 2.99. The van der Waals surface area contributed by atoms with E-state index in [1.54, 1.807) is 14.2 Å². The fourth-order valence-corrected chi connectivity index (χ4v) is 8.00. The normalized spacial score (nSPS) is 12.9. The second-order valence-electron chi connectivity index (χ2n) is 11.5. The molecule has 0 saturated heterocycles. The highest BCUT2D eigenvalue weighted by atomic mass is 32.2. The number of methoxy groups -OCH3 is 2. The fourth-order valence-electron chi connectivity index (χ4n) is 5.17. The lowest BCUT2D eigenvalue weighted by molar-refractivity contribution is 0.353. The van der Waals surface area contributed by atoms with E-state index in [0.717, 1.165) is 33.6 Å². The maximum atomic E-state index is 7.80. The Kier molecular flexibility index (Phi) is 17.6. The van der Waals surface area contributed by atoms with Gasteiger partial charge in [-0.25, -0.2) is 6.57 Å². The number of hydrogen-bond donors (Lipinski definition) is 0. The Labute approximate surface area is 264 Å². The number of benzene rings is 2. The summed E-state index contributed by atoms with van der Waals surface area (Å²) in [6, 6.07) is 16.9. The minimum atomic E-state index is -0.464. The van der Waals surface area contributed by atoms with Crippen LogP contribution >= 0.6 is 35.7 Å². The zero-order valence-electron chi connectivity index (χ0n) is 26.0. The topological polar surface area (TPSA) is 22.8 Å². The van der Waals surface area contributed by atoms with Gasteiger partial charge in [0.2, 0.25) is 5.54 Å². The van der Waals surface area contributed by atoms with E-state index in [4.69, 9.17) is 28.3 Å². The van der Waals surface area contributed by atoms with Crippen LogP contribution in [0.3, 0.4) is 0 Å². The van der Waals surface area contributed by atoms with E-state index in [2.05, 4.69) is 54.2 Å². The summed E-state index contributed by atoms with van der Waals surface area (Å²) < 4.78 is 12.1. The Hall–Kier alpha value is -1.68. The van der Waals surface area contributed by atoms with E-state index in [1.807, 2.05) is 43.4 Å². The van der Waals surface area contributed by atoms with Crippen molar-refractivity contribution in [1.29, 1.82) is 0 Å². The molecule has 0 fully saturated rings. The molecule has 0 aliphatic heterocycles. The molecule has 2 atom stereocenters. The van der Waals surface area contributed by atoms with Crippen molar-refractivity contribution in [1.82, 2.24) is 0 Å². The van der Waals surface area contributed by atoms with Crippen molar-refractivity contribution in [3.63, 3.8) is 0 Å². The van der Waals surface area contributed by atoms with E-state index < -0.39 is 5.54 Å². The molecule has 41 heavy (non-hydrogen) atoms.